The van der Waals surface area contributed by atoms with E-state index in [1.165, 1.54) is 0 Å². The lowest BCUT2D eigenvalue weighted by Crippen LogP contribution is -2.32. The summed E-state index contributed by atoms with van der Waals surface area (Å²) in [7, 11) is 0. The van der Waals surface area contributed by atoms with Crippen LogP contribution >= 0.6 is 0 Å². The van der Waals surface area contributed by atoms with E-state index in [0.29, 0.717) is 23.9 Å². The van der Waals surface area contributed by atoms with Crippen LogP contribution in [-0.4, -0.2) is 11.6 Å². The van der Waals surface area contributed by atoms with Crippen LogP contribution in [0, 0.1) is 11.3 Å². The van der Waals surface area contributed by atoms with Crippen LogP contribution in [0.5, 0.6) is 0 Å². The minimum absolute atomic E-state index is 0.140. The minimum Gasteiger partial charge on any atom is -0.300 e. The summed E-state index contributed by atoms with van der Waals surface area (Å²) in [6, 6.07) is 0. The van der Waals surface area contributed by atoms with Gasteiger partial charge in [0.25, 0.3) is 0 Å². The van der Waals surface area contributed by atoms with Gasteiger partial charge in [0.2, 0.25) is 0 Å². The molecule has 0 radical (unpaired) electrons. The molecule has 0 aliphatic heterocycles. The van der Waals surface area contributed by atoms with Crippen LogP contribution in [0.4, 0.5) is 0 Å². The molecule has 14 heavy (non-hydrogen) atoms. The SMILES string of the molecule is CC1(C2CCC(=O)C2)CCCC(=O)C1. The molecule has 0 aromatic carbocycles. The van der Waals surface area contributed by atoms with Gasteiger partial charge in [0.15, 0.2) is 0 Å². The van der Waals surface area contributed by atoms with E-state index in [-0.39, 0.29) is 5.41 Å². The molecular formula is C12H18O2. The van der Waals surface area contributed by atoms with Gasteiger partial charge in [-0.1, -0.05) is 6.92 Å². The Hall–Kier alpha value is -0.660. The summed E-state index contributed by atoms with van der Waals surface area (Å²) in [6.45, 7) is 2.20. The molecule has 0 spiro atoms. The number of carbonyl (C=O) groups excluding carboxylic acids is 2. The second kappa shape index (κ2) is 3.48. The van der Waals surface area contributed by atoms with Crippen LogP contribution in [0.3, 0.4) is 0 Å². The molecule has 0 N–H and O–H groups in total. The van der Waals surface area contributed by atoms with Gasteiger partial charge in [0.05, 0.1) is 0 Å². The largest absolute Gasteiger partial charge is 0.300 e. The van der Waals surface area contributed by atoms with E-state index in [1.54, 1.807) is 0 Å². The molecule has 0 aromatic heterocycles. The molecule has 2 fully saturated rings. The van der Waals surface area contributed by atoms with Crippen LogP contribution in [0.1, 0.15) is 51.9 Å². The van der Waals surface area contributed by atoms with E-state index >= 15 is 0 Å². The molecule has 78 valence electrons. The van der Waals surface area contributed by atoms with Gasteiger partial charge in [-0.3, -0.25) is 9.59 Å². The molecule has 2 saturated carbocycles. The Balaban J connectivity index is 2.07. The second-order valence-corrected chi connectivity index (χ2v) is 5.20. The standard InChI is InChI=1S/C12H18O2/c1-12(6-2-3-11(14)8-12)9-4-5-10(13)7-9/h9H,2-8H2,1H3. The third kappa shape index (κ3) is 1.75. The topological polar surface area (TPSA) is 34.1 Å². The third-order valence-corrected chi connectivity index (χ3v) is 4.04. The zero-order chi connectivity index (χ0) is 10.2. The van der Waals surface area contributed by atoms with Crippen molar-refractivity contribution in [2.24, 2.45) is 11.3 Å². The van der Waals surface area contributed by atoms with Gasteiger partial charge >= 0.3 is 0 Å². The molecule has 0 aromatic rings. The Bertz CT molecular complexity index is 269. The molecule has 0 amide bonds. The quantitative estimate of drug-likeness (QED) is 0.642. The third-order valence-electron chi connectivity index (χ3n) is 4.04. The van der Waals surface area contributed by atoms with E-state index in [2.05, 4.69) is 6.92 Å². The van der Waals surface area contributed by atoms with E-state index in [1.807, 2.05) is 0 Å². The Kier molecular flexibility index (Phi) is 2.46. The summed E-state index contributed by atoms with van der Waals surface area (Å²) in [5, 5.41) is 0. The fourth-order valence-electron chi connectivity index (χ4n) is 3.07. The molecule has 2 heteroatoms. The van der Waals surface area contributed by atoms with Crippen molar-refractivity contribution in [1.82, 2.24) is 0 Å². The summed E-state index contributed by atoms with van der Waals surface area (Å²) in [5.41, 5.74) is 0.140. The normalized spacial score (nSPS) is 39.1. The van der Waals surface area contributed by atoms with Crippen molar-refractivity contribution < 1.29 is 9.59 Å². The summed E-state index contributed by atoms with van der Waals surface area (Å²) >= 11 is 0. The maximum absolute atomic E-state index is 11.4. The van der Waals surface area contributed by atoms with Gasteiger partial charge in [0, 0.05) is 25.7 Å². The van der Waals surface area contributed by atoms with Crippen LogP contribution < -0.4 is 0 Å². The lowest BCUT2D eigenvalue weighted by atomic mass is 9.66. The van der Waals surface area contributed by atoms with Crippen molar-refractivity contribution >= 4 is 11.6 Å². The van der Waals surface area contributed by atoms with Crippen molar-refractivity contribution in [3.63, 3.8) is 0 Å². The van der Waals surface area contributed by atoms with E-state index < -0.39 is 0 Å². The number of hydrogen-bond donors (Lipinski definition) is 0. The van der Waals surface area contributed by atoms with Gasteiger partial charge < -0.3 is 0 Å². The zero-order valence-corrected chi connectivity index (χ0v) is 8.84. The Labute approximate surface area is 85.1 Å². The molecule has 2 aliphatic rings. The minimum atomic E-state index is 0.140. The molecule has 2 rings (SSSR count). The maximum atomic E-state index is 11.4. The first-order valence-electron chi connectivity index (χ1n) is 5.63. The predicted molar refractivity (Wildman–Crippen MR) is 53.9 cm³/mol. The maximum Gasteiger partial charge on any atom is 0.133 e. The fraction of sp³-hybridized carbons (Fsp3) is 0.833. The van der Waals surface area contributed by atoms with Crippen molar-refractivity contribution in [1.29, 1.82) is 0 Å². The van der Waals surface area contributed by atoms with Crippen LogP contribution in [0.25, 0.3) is 0 Å². The molecule has 2 atom stereocenters. The van der Waals surface area contributed by atoms with Gasteiger partial charge in [-0.25, -0.2) is 0 Å². The van der Waals surface area contributed by atoms with Gasteiger partial charge in [0.1, 0.15) is 11.6 Å². The Morgan fingerprint density at radius 1 is 1.21 bits per heavy atom. The summed E-state index contributed by atoms with van der Waals surface area (Å²) < 4.78 is 0. The molecule has 0 saturated heterocycles. The highest BCUT2D eigenvalue weighted by atomic mass is 16.1. The van der Waals surface area contributed by atoms with Crippen molar-refractivity contribution in [3.8, 4) is 0 Å². The summed E-state index contributed by atoms with van der Waals surface area (Å²) in [6.07, 6.45) is 6.12. The average molecular weight is 194 g/mol. The number of ketones is 2. The van der Waals surface area contributed by atoms with Crippen LogP contribution in [0.15, 0.2) is 0 Å². The highest BCUT2D eigenvalue weighted by Crippen LogP contribution is 2.46. The lowest BCUT2D eigenvalue weighted by molar-refractivity contribution is -0.125. The summed E-state index contributed by atoms with van der Waals surface area (Å²) in [4.78, 5) is 22.7. The first-order valence-corrected chi connectivity index (χ1v) is 5.63. The molecule has 0 bridgehead atoms. The molecule has 0 heterocycles. The fourth-order valence-corrected chi connectivity index (χ4v) is 3.07. The van der Waals surface area contributed by atoms with Gasteiger partial charge in [-0.2, -0.15) is 0 Å². The van der Waals surface area contributed by atoms with Gasteiger partial charge in [-0.05, 0) is 30.6 Å². The molecule has 2 aliphatic carbocycles. The molecule has 2 nitrogen and oxygen atoms in total. The highest BCUT2D eigenvalue weighted by molar-refractivity contribution is 5.82. The molecule has 2 unspecified atom stereocenters. The monoisotopic (exact) mass is 194 g/mol. The van der Waals surface area contributed by atoms with Crippen molar-refractivity contribution in [2.45, 2.75) is 51.9 Å². The van der Waals surface area contributed by atoms with Crippen LogP contribution in [0.2, 0.25) is 0 Å². The number of carbonyl (C=O) groups is 2. The predicted octanol–water partition coefficient (Wildman–Crippen LogP) is 2.51. The first-order chi connectivity index (χ1) is 6.60. The number of rotatable bonds is 1. The zero-order valence-electron chi connectivity index (χ0n) is 8.84. The Morgan fingerprint density at radius 3 is 2.57 bits per heavy atom. The smallest absolute Gasteiger partial charge is 0.133 e. The lowest BCUT2D eigenvalue weighted by Gasteiger charge is -2.37. The van der Waals surface area contributed by atoms with Crippen LogP contribution in [-0.2, 0) is 9.59 Å². The number of hydrogen-bond acceptors (Lipinski definition) is 2. The van der Waals surface area contributed by atoms with E-state index in [4.69, 9.17) is 0 Å². The first kappa shape index (κ1) is 9.88. The number of Topliss-reactive ketones (excluding diaryl/α,β-unsaturated/α-hetero) is 2. The van der Waals surface area contributed by atoms with E-state index in [0.717, 1.165) is 38.5 Å². The highest BCUT2D eigenvalue weighted by Gasteiger charge is 2.41. The van der Waals surface area contributed by atoms with Crippen molar-refractivity contribution in [2.75, 3.05) is 0 Å². The van der Waals surface area contributed by atoms with Gasteiger partial charge in [-0.15, -0.1) is 0 Å². The Morgan fingerprint density at radius 2 is 2.00 bits per heavy atom. The molecular weight excluding hydrogens is 176 g/mol. The second-order valence-electron chi connectivity index (χ2n) is 5.20. The van der Waals surface area contributed by atoms with Crippen molar-refractivity contribution in [3.05, 3.63) is 0 Å². The average Bonchev–Trinajstić information content (AvgIpc) is 2.52. The van der Waals surface area contributed by atoms with E-state index in [9.17, 15) is 9.59 Å². The summed E-state index contributed by atoms with van der Waals surface area (Å²) in [5.74, 6) is 1.28.